The molecule has 0 radical (unpaired) electrons. The lowest BCUT2D eigenvalue weighted by Crippen LogP contribution is -2.23. The van der Waals surface area contributed by atoms with E-state index in [-0.39, 0.29) is 0 Å². The monoisotopic (exact) mass is 323 g/mol. The topological polar surface area (TPSA) is 21.3 Å². The van der Waals surface area contributed by atoms with Crippen LogP contribution in [0.15, 0.2) is 29.6 Å². The molecule has 21 heavy (non-hydrogen) atoms. The molecule has 2 nitrogen and oxygen atoms in total. The van der Waals surface area contributed by atoms with Crippen molar-refractivity contribution in [1.82, 2.24) is 5.32 Å². The summed E-state index contributed by atoms with van der Waals surface area (Å²) in [7, 11) is 1.71. The number of halogens is 1. The van der Waals surface area contributed by atoms with Crippen molar-refractivity contribution in [3.05, 3.63) is 50.7 Å². The van der Waals surface area contributed by atoms with Crippen molar-refractivity contribution in [2.45, 2.75) is 32.7 Å². The summed E-state index contributed by atoms with van der Waals surface area (Å²) in [5.41, 5.74) is 2.57. The fraction of sp³-hybridized carbons (Fsp3) is 0.412. The number of rotatable bonds is 7. The van der Waals surface area contributed by atoms with Gasteiger partial charge in [0.2, 0.25) is 0 Å². The van der Waals surface area contributed by atoms with Gasteiger partial charge < -0.3 is 10.1 Å². The van der Waals surface area contributed by atoms with E-state index in [1.807, 2.05) is 29.5 Å². The minimum Gasteiger partial charge on any atom is -0.496 e. The summed E-state index contributed by atoms with van der Waals surface area (Å²) in [5, 5.41) is 6.52. The Morgan fingerprint density at radius 1 is 1.24 bits per heavy atom. The van der Waals surface area contributed by atoms with Gasteiger partial charge in [0, 0.05) is 15.9 Å². The lowest BCUT2D eigenvalue weighted by molar-refractivity contribution is 0.406. The van der Waals surface area contributed by atoms with E-state index in [0.29, 0.717) is 6.04 Å². The number of likely N-dealkylation sites (N-methyl/N-ethyl adjacent to an activating group) is 1. The third-order valence-corrected chi connectivity index (χ3v) is 4.90. The highest BCUT2D eigenvalue weighted by Gasteiger charge is 2.18. The van der Waals surface area contributed by atoms with Crippen LogP contribution in [0.1, 0.15) is 35.9 Å². The number of thiophene rings is 1. The van der Waals surface area contributed by atoms with Gasteiger partial charge in [-0.05, 0) is 60.2 Å². The SMILES string of the molecule is CCNC(Cc1cc(Cl)ccc1OC)c1sccc1CC. The Hall–Kier alpha value is -1.03. The van der Waals surface area contributed by atoms with Crippen molar-refractivity contribution in [3.63, 3.8) is 0 Å². The van der Waals surface area contributed by atoms with Crippen molar-refractivity contribution in [1.29, 1.82) is 0 Å². The summed E-state index contributed by atoms with van der Waals surface area (Å²) >= 11 is 7.97. The van der Waals surface area contributed by atoms with Gasteiger partial charge in [-0.15, -0.1) is 11.3 Å². The smallest absolute Gasteiger partial charge is 0.122 e. The zero-order valence-electron chi connectivity index (χ0n) is 12.8. The lowest BCUT2D eigenvalue weighted by atomic mass is 10.0. The largest absolute Gasteiger partial charge is 0.496 e. The zero-order chi connectivity index (χ0) is 15.2. The number of benzene rings is 1. The standard InChI is InChI=1S/C17H22ClNOS/c1-4-12-8-9-21-17(12)15(19-5-2)11-13-10-14(18)6-7-16(13)20-3/h6-10,15,19H,4-5,11H2,1-3H3. The number of aryl methyl sites for hydroxylation is 1. The Labute approximate surface area is 136 Å². The second-order valence-electron chi connectivity index (χ2n) is 4.93. The molecule has 0 aliphatic heterocycles. The van der Waals surface area contributed by atoms with Crippen LogP contribution in [0.25, 0.3) is 0 Å². The molecule has 1 aromatic heterocycles. The highest BCUT2D eigenvalue weighted by Crippen LogP contribution is 2.31. The van der Waals surface area contributed by atoms with E-state index in [1.54, 1.807) is 7.11 Å². The Morgan fingerprint density at radius 3 is 2.71 bits per heavy atom. The Kier molecular flexibility index (Phi) is 6.09. The average molecular weight is 324 g/mol. The molecule has 1 atom stereocenters. The Bertz CT molecular complexity index is 582. The molecular formula is C17H22ClNOS. The van der Waals surface area contributed by atoms with Crippen molar-refractivity contribution < 1.29 is 4.74 Å². The van der Waals surface area contributed by atoms with Crippen LogP contribution < -0.4 is 10.1 Å². The fourth-order valence-corrected chi connectivity index (χ4v) is 3.84. The Morgan fingerprint density at radius 2 is 2.05 bits per heavy atom. The van der Waals surface area contributed by atoms with Gasteiger partial charge in [0.1, 0.15) is 5.75 Å². The summed E-state index contributed by atoms with van der Waals surface area (Å²) in [4.78, 5) is 1.42. The van der Waals surface area contributed by atoms with E-state index < -0.39 is 0 Å². The average Bonchev–Trinajstić information content (AvgIpc) is 2.95. The van der Waals surface area contributed by atoms with Gasteiger partial charge >= 0.3 is 0 Å². The quantitative estimate of drug-likeness (QED) is 0.785. The number of methoxy groups -OCH3 is 1. The maximum atomic E-state index is 6.14. The van der Waals surface area contributed by atoms with Gasteiger partial charge in [0.25, 0.3) is 0 Å². The normalized spacial score (nSPS) is 12.4. The van der Waals surface area contributed by atoms with E-state index in [1.165, 1.54) is 10.4 Å². The molecule has 0 saturated heterocycles. The van der Waals surface area contributed by atoms with Crippen molar-refractivity contribution in [3.8, 4) is 5.75 Å². The molecule has 0 aliphatic carbocycles. The minimum atomic E-state index is 0.303. The first kappa shape index (κ1) is 16.3. The molecule has 1 aromatic carbocycles. The third kappa shape index (κ3) is 4.00. The van der Waals surface area contributed by atoms with Gasteiger partial charge in [-0.1, -0.05) is 25.4 Å². The predicted octanol–water partition coefficient (Wildman–Crippen LogP) is 4.87. The van der Waals surface area contributed by atoms with Crippen LogP contribution >= 0.6 is 22.9 Å². The van der Waals surface area contributed by atoms with E-state index in [4.69, 9.17) is 16.3 Å². The molecule has 2 aromatic rings. The maximum Gasteiger partial charge on any atom is 0.122 e. The molecule has 0 bridgehead atoms. The van der Waals surface area contributed by atoms with Gasteiger partial charge in [-0.2, -0.15) is 0 Å². The number of hydrogen-bond donors (Lipinski definition) is 1. The van der Waals surface area contributed by atoms with E-state index in [9.17, 15) is 0 Å². The first-order chi connectivity index (χ1) is 10.2. The second-order valence-corrected chi connectivity index (χ2v) is 6.32. The van der Waals surface area contributed by atoms with Crippen LogP contribution in [0.4, 0.5) is 0 Å². The van der Waals surface area contributed by atoms with Gasteiger partial charge in [0.15, 0.2) is 0 Å². The lowest BCUT2D eigenvalue weighted by Gasteiger charge is -2.20. The molecule has 0 fully saturated rings. The van der Waals surface area contributed by atoms with Crippen LogP contribution in [-0.2, 0) is 12.8 Å². The van der Waals surface area contributed by atoms with E-state index in [0.717, 1.165) is 35.7 Å². The molecule has 2 rings (SSSR count). The summed E-state index contributed by atoms with van der Waals surface area (Å²) in [6, 6.07) is 8.34. The summed E-state index contributed by atoms with van der Waals surface area (Å²) < 4.78 is 5.47. The minimum absolute atomic E-state index is 0.303. The second kappa shape index (κ2) is 7.83. The fourth-order valence-electron chi connectivity index (χ4n) is 2.58. The number of hydrogen-bond acceptors (Lipinski definition) is 3. The molecule has 0 aliphatic rings. The molecule has 114 valence electrons. The molecule has 0 saturated carbocycles. The van der Waals surface area contributed by atoms with E-state index in [2.05, 4.69) is 30.6 Å². The van der Waals surface area contributed by atoms with E-state index >= 15 is 0 Å². The van der Waals surface area contributed by atoms with Crippen LogP contribution in [0, 0.1) is 0 Å². The third-order valence-electron chi connectivity index (χ3n) is 3.60. The van der Waals surface area contributed by atoms with Crippen molar-refractivity contribution in [2.24, 2.45) is 0 Å². The predicted molar refractivity (Wildman–Crippen MR) is 91.8 cm³/mol. The zero-order valence-corrected chi connectivity index (χ0v) is 14.4. The first-order valence-electron chi connectivity index (χ1n) is 7.31. The molecule has 1 N–H and O–H groups in total. The molecule has 1 heterocycles. The van der Waals surface area contributed by atoms with Gasteiger partial charge in [0.05, 0.1) is 7.11 Å². The molecule has 0 spiro atoms. The van der Waals surface area contributed by atoms with Crippen LogP contribution in [0.3, 0.4) is 0 Å². The van der Waals surface area contributed by atoms with Crippen LogP contribution in [0.5, 0.6) is 5.75 Å². The van der Waals surface area contributed by atoms with Gasteiger partial charge in [-0.25, -0.2) is 0 Å². The summed E-state index contributed by atoms with van der Waals surface area (Å²) in [6.45, 7) is 5.28. The highest BCUT2D eigenvalue weighted by atomic mass is 35.5. The summed E-state index contributed by atoms with van der Waals surface area (Å²) in [6.07, 6.45) is 1.94. The maximum absolute atomic E-state index is 6.14. The van der Waals surface area contributed by atoms with Gasteiger partial charge in [-0.3, -0.25) is 0 Å². The first-order valence-corrected chi connectivity index (χ1v) is 8.57. The van der Waals surface area contributed by atoms with Crippen molar-refractivity contribution in [2.75, 3.05) is 13.7 Å². The molecule has 0 amide bonds. The van der Waals surface area contributed by atoms with Crippen molar-refractivity contribution >= 4 is 22.9 Å². The molecular weight excluding hydrogens is 302 g/mol. The summed E-state index contributed by atoms with van der Waals surface area (Å²) in [5.74, 6) is 0.900. The Balaban J connectivity index is 2.30. The van der Waals surface area contributed by atoms with Crippen LogP contribution in [-0.4, -0.2) is 13.7 Å². The number of ether oxygens (including phenoxy) is 1. The highest BCUT2D eigenvalue weighted by molar-refractivity contribution is 7.10. The molecule has 1 unspecified atom stereocenters. The van der Waals surface area contributed by atoms with Crippen LogP contribution in [0.2, 0.25) is 5.02 Å². The number of nitrogens with one attached hydrogen (secondary N) is 1. The molecule has 4 heteroatoms.